The number of hydrogen-bond donors (Lipinski definition) is 2. The van der Waals surface area contributed by atoms with Gasteiger partial charge in [0.25, 0.3) is 0 Å². The molecule has 96 valence electrons. The molecule has 6 heteroatoms. The van der Waals surface area contributed by atoms with Crippen LogP contribution in [0.3, 0.4) is 0 Å². The summed E-state index contributed by atoms with van der Waals surface area (Å²) >= 11 is 0. The number of oxazole rings is 1. The summed E-state index contributed by atoms with van der Waals surface area (Å²) in [5.41, 5.74) is 1.69. The summed E-state index contributed by atoms with van der Waals surface area (Å²) in [7, 11) is 0. The summed E-state index contributed by atoms with van der Waals surface area (Å²) in [6, 6.07) is 6.94. The van der Waals surface area contributed by atoms with Crippen LogP contribution in [0.2, 0.25) is 0 Å². The molecule has 0 unspecified atom stereocenters. The highest BCUT2D eigenvalue weighted by molar-refractivity contribution is 5.97. The van der Waals surface area contributed by atoms with Crippen molar-refractivity contribution in [1.82, 2.24) is 9.55 Å². The molecule has 6 nitrogen and oxygen atoms in total. The van der Waals surface area contributed by atoms with E-state index in [9.17, 15) is 4.79 Å². The molecular formula is C13H10N2O4. The van der Waals surface area contributed by atoms with E-state index in [2.05, 4.69) is 4.98 Å². The van der Waals surface area contributed by atoms with E-state index in [1.807, 2.05) is 0 Å². The van der Waals surface area contributed by atoms with Crippen LogP contribution in [0.1, 0.15) is 5.69 Å². The van der Waals surface area contributed by atoms with Crippen LogP contribution in [0.5, 0.6) is 0 Å². The van der Waals surface area contributed by atoms with Gasteiger partial charge in [0.2, 0.25) is 5.89 Å². The largest absolute Gasteiger partial charge is 0.464 e. The minimum atomic E-state index is -1.05. The van der Waals surface area contributed by atoms with Crippen molar-refractivity contribution in [2.75, 3.05) is 0 Å². The van der Waals surface area contributed by atoms with Gasteiger partial charge >= 0.3 is 6.09 Å². The number of carbonyl (C=O) groups is 1. The highest BCUT2D eigenvalue weighted by atomic mass is 16.4. The molecule has 2 aromatic heterocycles. The van der Waals surface area contributed by atoms with Gasteiger partial charge in [-0.1, -0.05) is 6.07 Å². The van der Waals surface area contributed by atoms with Crippen LogP contribution in [-0.4, -0.2) is 25.9 Å². The Morgan fingerprint density at radius 2 is 2.21 bits per heavy atom. The molecule has 2 heterocycles. The van der Waals surface area contributed by atoms with Crippen LogP contribution < -0.4 is 0 Å². The maximum Gasteiger partial charge on any atom is 0.415 e. The molecule has 3 rings (SSSR count). The molecule has 0 saturated carbocycles. The fourth-order valence-corrected chi connectivity index (χ4v) is 2.02. The van der Waals surface area contributed by atoms with Gasteiger partial charge < -0.3 is 14.6 Å². The summed E-state index contributed by atoms with van der Waals surface area (Å²) in [4.78, 5) is 15.2. The molecule has 0 saturated heterocycles. The Kier molecular flexibility index (Phi) is 2.57. The van der Waals surface area contributed by atoms with Crippen LogP contribution in [0.15, 0.2) is 41.1 Å². The van der Waals surface area contributed by atoms with E-state index >= 15 is 0 Å². The minimum absolute atomic E-state index is 0.199. The third-order valence-corrected chi connectivity index (χ3v) is 2.88. The fraction of sp³-hybridized carbons (Fsp3) is 0.0769. The van der Waals surface area contributed by atoms with Gasteiger partial charge in [0.1, 0.15) is 12.0 Å². The maximum absolute atomic E-state index is 11.1. The molecule has 19 heavy (non-hydrogen) atoms. The first-order valence-corrected chi connectivity index (χ1v) is 5.59. The second-order valence-electron chi connectivity index (χ2n) is 4.01. The van der Waals surface area contributed by atoms with E-state index in [4.69, 9.17) is 14.6 Å². The lowest BCUT2D eigenvalue weighted by Crippen LogP contribution is -2.05. The Balaban J connectivity index is 2.21. The molecule has 0 aliphatic heterocycles. The van der Waals surface area contributed by atoms with Crippen molar-refractivity contribution in [3.05, 3.63) is 42.4 Å². The van der Waals surface area contributed by atoms with Crippen LogP contribution in [0, 0.1) is 0 Å². The molecule has 0 radical (unpaired) electrons. The van der Waals surface area contributed by atoms with Gasteiger partial charge in [0.05, 0.1) is 12.1 Å². The molecule has 0 fully saturated rings. The summed E-state index contributed by atoms with van der Waals surface area (Å²) in [5, 5.41) is 18.8. The lowest BCUT2D eigenvalue weighted by atomic mass is 10.1. The van der Waals surface area contributed by atoms with Gasteiger partial charge in [-0.2, -0.15) is 0 Å². The summed E-state index contributed by atoms with van der Waals surface area (Å²) < 4.78 is 6.43. The van der Waals surface area contributed by atoms with Crippen LogP contribution in [-0.2, 0) is 6.61 Å². The van der Waals surface area contributed by atoms with Crippen molar-refractivity contribution in [2.45, 2.75) is 6.61 Å². The highest BCUT2D eigenvalue weighted by Crippen LogP contribution is 2.28. The fourth-order valence-electron chi connectivity index (χ4n) is 2.02. The van der Waals surface area contributed by atoms with Crippen molar-refractivity contribution >= 4 is 17.0 Å². The monoisotopic (exact) mass is 258 g/mol. The molecular weight excluding hydrogens is 248 g/mol. The Hall–Kier alpha value is -2.60. The minimum Gasteiger partial charge on any atom is -0.464 e. The first-order chi connectivity index (χ1) is 9.20. The molecule has 0 amide bonds. The van der Waals surface area contributed by atoms with Crippen LogP contribution >= 0.6 is 0 Å². The van der Waals surface area contributed by atoms with Gasteiger partial charge in [-0.15, -0.1) is 0 Å². The summed E-state index contributed by atoms with van der Waals surface area (Å²) in [5.74, 6) is 0.359. The SMILES string of the molecule is O=C(O)n1ccc2c(-c3nc(CO)co3)cccc21. The summed E-state index contributed by atoms with van der Waals surface area (Å²) in [6.07, 6.45) is 1.81. The number of rotatable bonds is 2. The number of hydrogen-bond acceptors (Lipinski definition) is 4. The second kappa shape index (κ2) is 4.25. The lowest BCUT2D eigenvalue weighted by Gasteiger charge is -2.00. The molecule has 1 aromatic carbocycles. The Bertz CT molecular complexity index is 757. The third-order valence-electron chi connectivity index (χ3n) is 2.88. The molecule has 0 spiro atoms. The number of carboxylic acid groups (broad SMARTS) is 1. The standard InChI is InChI=1S/C13H10N2O4/c16-6-8-7-19-12(14-8)10-2-1-3-11-9(10)4-5-15(11)13(17)18/h1-5,7,16H,6H2,(H,17,18). The maximum atomic E-state index is 11.1. The van der Waals surface area contributed by atoms with E-state index in [1.54, 1.807) is 24.3 Å². The van der Waals surface area contributed by atoms with Crippen molar-refractivity contribution in [2.24, 2.45) is 0 Å². The number of nitrogens with zero attached hydrogens (tertiary/aromatic N) is 2. The number of aliphatic hydroxyl groups is 1. The molecule has 3 aromatic rings. The zero-order valence-corrected chi connectivity index (χ0v) is 9.78. The quantitative estimate of drug-likeness (QED) is 0.736. The highest BCUT2D eigenvalue weighted by Gasteiger charge is 2.14. The van der Waals surface area contributed by atoms with Gasteiger partial charge in [-0.25, -0.2) is 9.78 Å². The van der Waals surface area contributed by atoms with E-state index in [1.165, 1.54) is 12.5 Å². The van der Waals surface area contributed by atoms with E-state index < -0.39 is 6.09 Å². The average Bonchev–Trinajstić information content (AvgIpc) is 3.04. The van der Waals surface area contributed by atoms with E-state index in [0.29, 0.717) is 22.7 Å². The van der Waals surface area contributed by atoms with Crippen molar-refractivity contribution in [3.63, 3.8) is 0 Å². The van der Waals surface area contributed by atoms with Crippen LogP contribution in [0.4, 0.5) is 4.79 Å². The third kappa shape index (κ3) is 1.78. The zero-order valence-electron chi connectivity index (χ0n) is 9.78. The van der Waals surface area contributed by atoms with Gasteiger partial charge in [-0.05, 0) is 18.2 Å². The van der Waals surface area contributed by atoms with Crippen LogP contribution in [0.25, 0.3) is 22.4 Å². The van der Waals surface area contributed by atoms with Gasteiger partial charge in [-0.3, -0.25) is 4.57 Å². The first kappa shape index (κ1) is 11.5. The van der Waals surface area contributed by atoms with Gasteiger partial charge in [0.15, 0.2) is 0 Å². The first-order valence-electron chi connectivity index (χ1n) is 5.59. The Morgan fingerprint density at radius 1 is 1.37 bits per heavy atom. The summed E-state index contributed by atoms with van der Waals surface area (Å²) in [6.45, 7) is -0.199. The van der Waals surface area contributed by atoms with E-state index in [0.717, 1.165) is 9.95 Å². The Morgan fingerprint density at radius 3 is 2.89 bits per heavy atom. The number of aromatic nitrogens is 2. The molecule has 2 N–H and O–H groups in total. The normalized spacial score (nSPS) is 11.0. The number of fused-ring (bicyclic) bond motifs is 1. The lowest BCUT2D eigenvalue weighted by molar-refractivity contribution is 0.197. The molecule has 0 bridgehead atoms. The van der Waals surface area contributed by atoms with E-state index in [-0.39, 0.29) is 6.61 Å². The zero-order chi connectivity index (χ0) is 13.4. The van der Waals surface area contributed by atoms with Gasteiger partial charge in [0, 0.05) is 17.1 Å². The topological polar surface area (TPSA) is 88.5 Å². The van der Waals surface area contributed by atoms with Crippen molar-refractivity contribution in [3.8, 4) is 11.5 Å². The molecule has 0 atom stereocenters. The number of aliphatic hydroxyl groups excluding tert-OH is 1. The predicted octanol–water partition coefficient (Wildman–Crippen LogP) is 2.31. The molecule has 0 aliphatic carbocycles. The predicted molar refractivity (Wildman–Crippen MR) is 66.8 cm³/mol. The Labute approximate surface area is 107 Å². The molecule has 0 aliphatic rings. The van der Waals surface area contributed by atoms with Crippen molar-refractivity contribution < 1.29 is 19.4 Å². The number of benzene rings is 1. The smallest absolute Gasteiger partial charge is 0.415 e. The second-order valence-corrected chi connectivity index (χ2v) is 4.01. The average molecular weight is 258 g/mol. The van der Waals surface area contributed by atoms with Crippen molar-refractivity contribution in [1.29, 1.82) is 0 Å².